The highest BCUT2D eigenvalue weighted by Gasteiger charge is 2.06. The highest BCUT2D eigenvalue weighted by molar-refractivity contribution is 9.10. The van der Waals surface area contributed by atoms with Crippen LogP contribution in [0.3, 0.4) is 0 Å². The van der Waals surface area contributed by atoms with Gasteiger partial charge in [-0.2, -0.15) is 0 Å². The highest BCUT2D eigenvalue weighted by atomic mass is 79.9. The SMILES string of the molecule is NC(=O)c1ccc(NC(=O)COc2ccc(-c3ccc(Br)cc3)cc2)cc1. The fraction of sp³-hybridized carbons (Fsp3) is 0.0476. The van der Waals surface area contributed by atoms with Crippen molar-refractivity contribution in [1.29, 1.82) is 0 Å². The van der Waals surface area contributed by atoms with Crippen LogP contribution in [0.2, 0.25) is 0 Å². The van der Waals surface area contributed by atoms with Crippen LogP contribution in [0, 0.1) is 0 Å². The summed E-state index contributed by atoms with van der Waals surface area (Å²) in [5.74, 6) is -0.198. The molecule has 0 spiro atoms. The third kappa shape index (κ3) is 5.18. The summed E-state index contributed by atoms with van der Waals surface area (Å²) in [4.78, 5) is 23.0. The van der Waals surface area contributed by atoms with Crippen molar-refractivity contribution in [3.63, 3.8) is 0 Å². The van der Waals surface area contributed by atoms with Gasteiger partial charge in [0.15, 0.2) is 6.61 Å². The van der Waals surface area contributed by atoms with Crippen LogP contribution in [-0.2, 0) is 4.79 Å². The summed E-state index contributed by atoms with van der Waals surface area (Å²) in [6.45, 7) is -0.116. The number of halogens is 1. The standard InChI is InChI=1S/C21H17BrN2O3/c22-17-7-1-14(2-8-17)15-5-11-19(12-6-15)27-13-20(25)24-18-9-3-16(4-10-18)21(23)26/h1-12H,13H2,(H2,23,26)(H,24,25). The Bertz CT molecular complexity index is 937. The van der Waals surface area contributed by atoms with E-state index in [1.807, 2.05) is 48.5 Å². The molecule has 3 aromatic rings. The van der Waals surface area contributed by atoms with E-state index in [-0.39, 0.29) is 12.5 Å². The predicted octanol–water partition coefficient (Wildman–Crippen LogP) is 4.23. The Balaban J connectivity index is 1.54. The molecular weight excluding hydrogens is 408 g/mol. The van der Waals surface area contributed by atoms with Crippen LogP contribution in [0.4, 0.5) is 5.69 Å². The van der Waals surface area contributed by atoms with Crippen molar-refractivity contribution in [3.05, 3.63) is 82.8 Å². The van der Waals surface area contributed by atoms with Crippen LogP contribution in [0.5, 0.6) is 5.75 Å². The van der Waals surface area contributed by atoms with Crippen molar-refractivity contribution in [1.82, 2.24) is 0 Å². The molecule has 27 heavy (non-hydrogen) atoms. The van der Waals surface area contributed by atoms with Crippen molar-refractivity contribution in [2.45, 2.75) is 0 Å². The lowest BCUT2D eigenvalue weighted by Crippen LogP contribution is -2.20. The molecule has 0 aliphatic carbocycles. The lowest BCUT2D eigenvalue weighted by Gasteiger charge is -2.09. The maximum atomic E-state index is 12.0. The fourth-order valence-corrected chi connectivity index (χ4v) is 2.71. The zero-order valence-corrected chi connectivity index (χ0v) is 15.9. The van der Waals surface area contributed by atoms with Crippen LogP contribution < -0.4 is 15.8 Å². The molecular formula is C21H17BrN2O3. The molecule has 0 bridgehead atoms. The quantitative estimate of drug-likeness (QED) is 0.620. The summed E-state index contributed by atoms with van der Waals surface area (Å²) >= 11 is 3.42. The average molecular weight is 425 g/mol. The van der Waals surface area contributed by atoms with E-state index in [4.69, 9.17) is 10.5 Å². The topological polar surface area (TPSA) is 81.4 Å². The molecule has 0 unspecified atom stereocenters. The Morgan fingerprint density at radius 1 is 0.852 bits per heavy atom. The summed E-state index contributed by atoms with van der Waals surface area (Å²) in [6, 6.07) is 21.9. The van der Waals surface area contributed by atoms with Gasteiger partial charge in [-0.1, -0.05) is 40.2 Å². The first-order valence-electron chi connectivity index (χ1n) is 8.20. The van der Waals surface area contributed by atoms with E-state index in [2.05, 4.69) is 21.2 Å². The second kappa shape index (κ2) is 8.51. The normalized spacial score (nSPS) is 10.3. The minimum absolute atomic E-state index is 0.116. The highest BCUT2D eigenvalue weighted by Crippen LogP contribution is 2.24. The number of nitrogens with one attached hydrogen (secondary N) is 1. The Labute approximate surface area is 165 Å². The second-order valence-electron chi connectivity index (χ2n) is 5.81. The Morgan fingerprint density at radius 3 is 1.96 bits per heavy atom. The Morgan fingerprint density at radius 2 is 1.41 bits per heavy atom. The summed E-state index contributed by atoms with van der Waals surface area (Å²) in [6.07, 6.45) is 0. The molecule has 3 aromatic carbocycles. The van der Waals surface area contributed by atoms with E-state index in [1.165, 1.54) is 0 Å². The van der Waals surface area contributed by atoms with Gasteiger partial charge in [-0.25, -0.2) is 0 Å². The summed E-state index contributed by atoms with van der Waals surface area (Å²) in [5.41, 5.74) is 8.30. The number of amides is 2. The molecule has 0 saturated carbocycles. The van der Waals surface area contributed by atoms with Crippen molar-refractivity contribution in [2.75, 3.05) is 11.9 Å². The summed E-state index contributed by atoms with van der Waals surface area (Å²) in [7, 11) is 0. The molecule has 2 amide bonds. The van der Waals surface area contributed by atoms with E-state index in [1.54, 1.807) is 24.3 Å². The lowest BCUT2D eigenvalue weighted by molar-refractivity contribution is -0.118. The number of carbonyl (C=O) groups is 2. The van der Waals surface area contributed by atoms with Gasteiger partial charge >= 0.3 is 0 Å². The maximum absolute atomic E-state index is 12.0. The molecule has 0 atom stereocenters. The zero-order valence-electron chi connectivity index (χ0n) is 14.3. The number of primary amides is 1. The summed E-state index contributed by atoms with van der Waals surface area (Å²) in [5, 5.41) is 2.70. The van der Waals surface area contributed by atoms with Crippen LogP contribution in [-0.4, -0.2) is 18.4 Å². The van der Waals surface area contributed by atoms with E-state index < -0.39 is 5.91 Å². The molecule has 6 heteroatoms. The van der Waals surface area contributed by atoms with E-state index in [0.29, 0.717) is 17.0 Å². The van der Waals surface area contributed by atoms with Gasteiger partial charge in [0.2, 0.25) is 5.91 Å². The first-order valence-corrected chi connectivity index (χ1v) is 8.99. The number of anilines is 1. The smallest absolute Gasteiger partial charge is 0.262 e. The molecule has 0 aromatic heterocycles. The van der Waals surface area contributed by atoms with Gasteiger partial charge in [-0.3, -0.25) is 9.59 Å². The molecule has 0 saturated heterocycles. The fourth-order valence-electron chi connectivity index (χ4n) is 2.45. The van der Waals surface area contributed by atoms with Crippen molar-refractivity contribution >= 4 is 33.4 Å². The van der Waals surface area contributed by atoms with Gasteiger partial charge in [0.05, 0.1) is 0 Å². The zero-order chi connectivity index (χ0) is 19.2. The lowest BCUT2D eigenvalue weighted by atomic mass is 10.1. The number of carbonyl (C=O) groups excluding carboxylic acids is 2. The number of benzene rings is 3. The van der Waals surface area contributed by atoms with E-state index >= 15 is 0 Å². The molecule has 0 radical (unpaired) electrons. The van der Waals surface area contributed by atoms with Gasteiger partial charge in [0.25, 0.3) is 5.91 Å². The van der Waals surface area contributed by atoms with Crippen LogP contribution in [0.15, 0.2) is 77.3 Å². The number of hydrogen-bond acceptors (Lipinski definition) is 3. The third-order valence-corrected chi connectivity index (χ3v) is 4.38. The van der Waals surface area contributed by atoms with Crippen LogP contribution in [0.25, 0.3) is 11.1 Å². The molecule has 0 aliphatic heterocycles. The monoisotopic (exact) mass is 424 g/mol. The number of nitrogens with two attached hydrogens (primary N) is 1. The van der Waals surface area contributed by atoms with Crippen LogP contribution >= 0.6 is 15.9 Å². The largest absolute Gasteiger partial charge is 0.484 e. The van der Waals surface area contributed by atoms with E-state index in [0.717, 1.165) is 15.6 Å². The molecule has 0 heterocycles. The minimum atomic E-state index is -0.511. The van der Waals surface area contributed by atoms with Crippen LogP contribution in [0.1, 0.15) is 10.4 Å². The van der Waals surface area contributed by atoms with Crippen molar-refractivity contribution < 1.29 is 14.3 Å². The van der Waals surface area contributed by atoms with Crippen molar-refractivity contribution in [2.24, 2.45) is 5.73 Å². The molecule has 5 nitrogen and oxygen atoms in total. The molecule has 0 fully saturated rings. The Kier molecular flexibility index (Phi) is 5.88. The van der Waals surface area contributed by atoms with Gasteiger partial charge in [0, 0.05) is 15.7 Å². The average Bonchev–Trinajstić information content (AvgIpc) is 2.68. The minimum Gasteiger partial charge on any atom is -0.484 e. The van der Waals surface area contributed by atoms with Crippen molar-refractivity contribution in [3.8, 4) is 16.9 Å². The molecule has 0 aliphatic rings. The second-order valence-corrected chi connectivity index (χ2v) is 6.73. The van der Waals surface area contributed by atoms with E-state index in [9.17, 15) is 9.59 Å². The van der Waals surface area contributed by atoms with Gasteiger partial charge in [0.1, 0.15) is 5.75 Å². The summed E-state index contributed by atoms with van der Waals surface area (Å²) < 4.78 is 6.55. The first kappa shape index (κ1) is 18.7. The maximum Gasteiger partial charge on any atom is 0.262 e. The molecule has 3 N–H and O–H groups in total. The number of rotatable bonds is 6. The predicted molar refractivity (Wildman–Crippen MR) is 109 cm³/mol. The van der Waals surface area contributed by atoms with Gasteiger partial charge in [-0.15, -0.1) is 0 Å². The first-order chi connectivity index (χ1) is 13.0. The third-order valence-electron chi connectivity index (χ3n) is 3.85. The number of ether oxygens (including phenoxy) is 1. The Hall–Kier alpha value is -3.12. The van der Waals surface area contributed by atoms with Gasteiger partial charge < -0.3 is 15.8 Å². The molecule has 3 rings (SSSR count). The number of hydrogen-bond donors (Lipinski definition) is 2. The van der Waals surface area contributed by atoms with Gasteiger partial charge in [-0.05, 0) is 59.7 Å². The molecule has 136 valence electrons.